The maximum atomic E-state index is 13.3. The van der Waals surface area contributed by atoms with Crippen LogP contribution in [-0.2, 0) is 9.59 Å². The summed E-state index contributed by atoms with van der Waals surface area (Å²) in [6.45, 7) is 1.74. The number of carbonyl (C=O) groups is 3. The fourth-order valence-corrected chi connectivity index (χ4v) is 1.40. The van der Waals surface area contributed by atoms with Gasteiger partial charge in [-0.25, -0.2) is 4.39 Å². The minimum atomic E-state index is -0.684. The Hall–Kier alpha value is -2.44. The van der Waals surface area contributed by atoms with Gasteiger partial charge in [-0.2, -0.15) is 0 Å². The van der Waals surface area contributed by atoms with Gasteiger partial charge in [-0.05, 0) is 19.1 Å². The number of amides is 3. The normalized spacial score (nSPS) is 9.70. The van der Waals surface area contributed by atoms with Crippen LogP contribution in [0.2, 0.25) is 0 Å². The summed E-state index contributed by atoms with van der Waals surface area (Å²) in [6, 6.07) is 5.46. The van der Waals surface area contributed by atoms with Crippen molar-refractivity contribution in [3.05, 3.63) is 35.6 Å². The molecule has 3 N–H and O–H groups in total. The molecule has 0 saturated heterocycles. The van der Waals surface area contributed by atoms with Crippen molar-refractivity contribution in [3.63, 3.8) is 0 Å². The van der Waals surface area contributed by atoms with E-state index in [4.69, 9.17) is 0 Å². The van der Waals surface area contributed by atoms with Gasteiger partial charge in [0.1, 0.15) is 5.82 Å². The molecule has 108 valence electrons. The van der Waals surface area contributed by atoms with E-state index in [0.717, 1.165) is 6.07 Å². The van der Waals surface area contributed by atoms with Gasteiger partial charge in [0, 0.05) is 6.54 Å². The Morgan fingerprint density at radius 3 is 2.25 bits per heavy atom. The predicted octanol–water partition coefficient (Wildman–Crippen LogP) is -0.192. The van der Waals surface area contributed by atoms with Gasteiger partial charge in [-0.15, -0.1) is 0 Å². The first-order chi connectivity index (χ1) is 9.54. The molecule has 0 heterocycles. The van der Waals surface area contributed by atoms with Gasteiger partial charge < -0.3 is 16.0 Å². The Kier molecular flexibility index (Phi) is 6.15. The van der Waals surface area contributed by atoms with Crippen LogP contribution in [0.3, 0.4) is 0 Å². The molecule has 0 saturated carbocycles. The molecule has 0 aliphatic heterocycles. The Morgan fingerprint density at radius 2 is 1.60 bits per heavy atom. The highest BCUT2D eigenvalue weighted by Crippen LogP contribution is 2.05. The molecule has 6 nitrogen and oxygen atoms in total. The fraction of sp³-hybridized carbons (Fsp3) is 0.308. The number of benzene rings is 1. The molecule has 1 aromatic carbocycles. The van der Waals surface area contributed by atoms with Crippen molar-refractivity contribution in [3.8, 4) is 0 Å². The van der Waals surface area contributed by atoms with E-state index in [1.54, 1.807) is 6.92 Å². The van der Waals surface area contributed by atoms with Crippen molar-refractivity contribution in [1.82, 2.24) is 16.0 Å². The van der Waals surface area contributed by atoms with Gasteiger partial charge >= 0.3 is 0 Å². The topological polar surface area (TPSA) is 87.3 Å². The number of nitrogens with one attached hydrogen (secondary N) is 3. The zero-order chi connectivity index (χ0) is 15.0. The number of rotatable bonds is 6. The summed E-state index contributed by atoms with van der Waals surface area (Å²) in [5.74, 6) is -2.19. The Bertz CT molecular complexity index is 505. The zero-order valence-corrected chi connectivity index (χ0v) is 11.0. The van der Waals surface area contributed by atoms with Crippen molar-refractivity contribution < 1.29 is 18.8 Å². The van der Waals surface area contributed by atoms with Gasteiger partial charge in [-0.3, -0.25) is 14.4 Å². The van der Waals surface area contributed by atoms with Crippen LogP contribution in [0.4, 0.5) is 4.39 Å². The molecule has 0 bridgehead atoms. The summed E-state index contributed by atoms with van der Waals surface area (Å²) < 4.78 is 13.3. The molecule has 7 heteroatoms. The van der Waals surface area contributed by atoms with Crippen LogP contribution in [0.5, 0.6) is 0 Å². The number of likely N-dealkylation sites (N-methyl/N-ethyl adjacent to an activating group) is 1. The van der Waals surface area contributed by atoms with Crippen LogP contribution in [-0.4, -0.2) is 37.4 Å². The van der Waals surface area contributed by atoms with E-state index in [1.165, 1.54) is 18.2 Å². The molecule has 3 amide bonds. The van der Waals surface area contributed by atoms with Crippen molar-refractivity contribution in [2.45, 2.75) is 6.92 Å². The number of hydrogen-bond donors (Lipinski definition) is 3. The lowest BCUT2D eigenvalue weighted by Gasteiger charge is -2.07. The average molecular weight is 281 g/mol. The van der Waals surface area contributed by atoms with Crippen molar-refractivity contribution in [2.75, 3.05) is 19.6 Å². The number of carbonyl (C=O) groups excluding carboxylic acids is 3. The predicted molar refractivity (Wildman–Crippen MR) is 70.4 cm³/mol. The average Bonchev–Trinajstić information content (AvgIpc) is 2.43. The maximum Gasteiger partial charge on any atom is 0.254 e. The second kappa shape index (κ2) is 7.88. The Balaban J connectivity index is 2.36. The van der Waals surface area contributed by atoms with Crippen LogP contribution in [0.1, 0.15) is 17.3 Å². The molecule has 0 radical (unpaired) electrons. The number of halogens is 1. The Morgan fingerprint density at radius 1 is 1.00 bits per heavy atom. The highest BCUT2D eigenvalue weighted by atomic mass is 19.1. The third kappa shape index (κ3) is 5.05. The second-order valence-corrected chi connectivity index (χ2v) is 3.89. The summed E-state index contributed by atoms with van der Waals surface area (Å²) in [5, 5.41) is 7.11. The highest BCUT2D eigenvalue weighted by molar-refractivity contribution is 5.97. The summed E-state index contributed by atoms with van der Waals surface area (Å²) in [4.78, 5) is 34.1. The number of hydrogen-bond acceptors (Lipinski definition) is 3. The molecule has 1 aromatic rings. The smallest absolute Gasteiger partial charge is 0.254 e. The molecule has 0 aliphatic rings. The Labute approximate surface area is 115 Å². The molecule has 0 fully saturated rings. The first-order valence-electron chi connectivity index (χ1n) is 6.10. The molecule has 0 unspecified atom stereocenters. The first-order valence-corrected chi connectivity index (χ1v) is 6.10. The van der Waals surface area contributed by atoms with Gasteiger partial charge in [-0.1, -0.05) is 12.1 Å². The van der Waals surface area contributed by atoms with E-state index in [1.807, 2.05) is 0 Å². The SMILES string of the molecule is CCNC(=O)CNC(=O)CNC(=O)c1ccccc1F. The molecule has 20 heavy (non-hydrogen) atoms. The molecule has 0 aliphatic carbocycles. The minimum absolute atomic E-state index is 0.135. The largest absolute Gasteiger partial charge is 0.355 e. The minimum Gasteiger partial charge on any atom is -0.355 e. The van der Waals surface area contributed by atoms with E-state index >= 15 is 0 Å². The van der Waals surface area contributed by atoms with Gasteiger partial charge in [0.2, 0.25) is 11.8 Å². The fourth-order valence-electron chi connectivity index (χ4n) is 1.40. The maximum absolute atomic E-state index is 13.3. The lowest BCUT2D eigenvalue weighted by atomic mass is 10.2. The molecule has 0 atom stereocenters. The summed E-state index contributed by atoms with van der Waals surface area (Å²) in [7, 11) is 0. The summed E-state index contributed by atoms with van der Waals surface area (Å²) in [5.41, 5.74) is -0.135. The second-order valence-electron chi connectivity index (χ2n) is 3.89. The van der Waals surface area contributed by atoms with Crippen LogP contribution < -0.4 is 16.0 Å². The van der Waals surface area contributed by atoms with E-state index in [0.29, 0.717) is 6.54 Å². The first kappa shape index (κ1) is 15.6. The third-order valence-corrected chi connectivity index (χ3v) is 2.35. The van der Waals surface area contributed by atoms with Crippen LogP contribution >= 0.6 is 0 Å². The zero-order valence-electron chi connectivity index (χ0n) is 11.0. The lowest BCUT2D eigenvalue weighted by molar-refractivity contribution is -0.125. The molecular formula is C13H16FN3O3. The van der Waals surface area contributed by atoms with Crippen LogP contribution in [0, 0.1) is 5.82 Å². The molecule has 0 spiro atoms. The lowest BCUT2D eigenvalue weighted by Crippen LogP contribution is -2.42. The van der Waals surface area contributed by atoms with E-state index in [9.17, 15) is 18.8 Å². The van der Waals surface area contributed by atoms with Crippen molar-refractivity contribution in [1.29, 1.82) is 0 Å². The van der Waals surface area contributed by atoms with E-state index < -0.39 is 17.6 Å². The molecular weight excluding hydrogens is 265 g/mol. The van der Waals surface area contributed by atoms with Crippen molar-refractivity contribution in [2.24, 2.45) is 0 Å². The summed E-state index contributed by atoms with van der Waals surface area (Å²) >= 11 is 0. The third-order valence-electron chi connectivity index (χ3n) is 2.35. The summed E-state index contributed by atoms with van der Waals surface area (Å²) in [6.07, 6.45) is 0. The van der Waals surface area contributed by atoms with Crippen LogP contribution in [0.15, 0.2) is 24.3 Å². The van der Waals surface area contributed by atoms with Gasteiger partial charge in [0.15, 0.2) is 0 Å². The van der Waals surface area contributed by atoms with Crippen LogP contribution in [0.25, 0.3) is 0 Å². The standard InChI is InChI=1S/C13H16FN3O3/c1-2-15-11(18)7-16-12(19)8-17-13(20)9-5-3-4-6-10(9)14/h3-6H,2,7-8H2,1H3,(H,15,18)(H,16,19)(H,17,20). The quantitative estimate of drug-likeness (QED) is 0.675. The van der Waals surface area contributed by atoms with Gasteiger partial charge in [0.25, 0.3) is 5.91 Å². The van der Waals surface area contributed by atoms with E-state index in [-0.39, 0.29) is 24.6 Å². The van der Waals surface area contributed by atoms with Gasteiger partial charge in [0.05, 0.1) is 18.7 Å². The van der Waals surface area contributed by atoms with E-state index in [2.05, 4.69) is 16.0 Å². The highest BCUT2D eigenvalue weighted by Gasteiger charge is 2.12. The molecule has 1 rings (SSSR count). The van der Waals surface area contributed by atoms with Crippen molar-refractivity contribution >= 4 is 17.7 Å². The monoisotopic (exact) mass is 281 g/mol. The molecule has 0 aromatic heterocycles.